The van der Waals surface area contributed by atoms with Crippen LogP contribution in [0.5, 0.6) is 0 Å². The number of hydrogen-bond acceptors (Lipinski definition) is 8. The molecule has 0 aliphatic carbocycles. The summed E-state index contributed by atoms with van der Waals surface area (Å²) in [4.78, 5) is 33.0. The van der Waals surface area contributed by atoms with Crippen LogP contribution in [0, 0.1) is 0 Å². The van der Waals surface area contributed by atoms with Crippen molar-refractivity contribution in [1.82, 2.24) is 0 Å². The summed E-state index contributed by atoms with van der Waals surface area (Å²) >= 11 is 0. The minimum atomic E-state index is -0.500. The Morgan fingerprint density at radius 1 is 0.538 bits per heavy atom. The summed E-state index contributed by atoms with van der Waals surface area (Å²) in [5, 5.41) is 33.0. The van der Waals surface area contributed by atoms with E-state index in [2.05, 4.69) is 0 Å². The van der Waals surface area contributed by atoms with E-state index in [1.165, 1.54) is 0 Å². The molecule has 0 unspecified atom stereocenters. The van der Waals surface area contributed by atoms with E-state index in [-0.39, 0.29) is 19.5 Å². The van der Waals surface area contributed by atoms with Crippen LogP contribution >= 0.6 is 0 Å². The first-order valence-corrected chi connectivity index (χ1v) is 1.89. The van der Waals surface area contributed by atoms with Gasteiger partial charge in [0.1, 0.15) is 0 Å². The normalized spacial score (nSPS) is 3.69. The van der Waals surface area contributed by atoms with E-state index in [9.17, 15) is 0 Å². The minimum absolute atomic E-state index is 0. The van der Waals surface area contributed by atoms with Crippen molar-refractivity contribution in [3.05, 3.63) is 0 Å². The van der Waals surface area contributed by atoms with Crippen molar-refractivity contribution >= 4 is 25.9 Å². The molecule has 0 radical (unpaired) electrons. The van der Waals surface area contributed by atoms with Gasteiger partial charge < -0.3 is 39.6 Å². The van der Waals surface area contributed by atoms with Crippen molar-refractivity contribution in [2.75, 3.05) is 0 Å². The minimum Gasteiger partial charge on any atom is -0.554 e. The molecule has 8 nitrogen and oxygen atoms in total. The number of carbonyl (C=O) groups is 4. The SMILES string of the molecule is O=C[O-].O=C[O-].O=C[O-].O=C[O-].[Ru+4]. The van der Waals surface area contributed by atoms with Crippen LogP contribution in [-0.4, -0.2) is 25.9 Å². The van der Waals surface area contributed by atoms with Crippen LogP contribution in [-0.2, 0) is 38.7 Å². The molecule has 0 aliphatic heterocycles. The molecule has 0 aromatic carbocycles. The van der Waals surface area contributed by atoms with Crippen molar-refractivity contribution in [2.24, 2.45) is 0 Å². The van der Waals surface area contributed by atoms with E-state index < -0.39 is 25.9 Å². The Morgan fingerprint density at radius 2 is 0.538 bits per heavy atom. The Bertz CT molecular complexity index is 70.1. The van der Waals surface area contributed by atoms with E-state index in [4.69, 9.17) is 39.6 Å². The van der Waals surface area contributed by atoms with Crippen LogP contribution in [0.15, 0.2) is 0 Å². The molecule has 13 heavy (non-hydrogen) atoms. The molecule has 0 aliphatic rings. The summed E-state index contributed by atoms with van der Waals surface area (Å²) in [6.45, 7) is -2.00. The van der Waals surface area contributed by atoms with Gasteiger partial charge in [0.15, 0.2) is 0 Å². The third kappa shape index (κ3) is 339. The molecule has 76 valence electrons. The summed E-state index contributed by atoms with van der Waals surface area (Å²) in [6, 6.07) is 0. The van der Waals surface area contributed by atoms with Crippen molar-refractivity contribution in [3.8, 4) is 0 Å². The van der Waals surface area contributed by atoms with Crippen LogP contribution in [0.3, 0.4) is 0 Å². The van der Waals surface area contributed by atoms with Crippen molar-refractivity contribution in [1.29, 1.82) is 0 Å². The average molecular weight is 281 g/mol. The molecular formula is C4H4O8Ru. The second kappa shape index (κ2) is 151. The van der Waals surface area contributed by atoms with Gasteiger partial charge in [0.25, 0.3) is 0 Å². The summed E-state index contributed by atoms with van der Waals surface area (Å²) < 4.78 is 0. The van der Waals surface area contributed by atoms with E-state index in [0.29, 0.717) is 0 Å². The Hall–Kier alpha value is -1.50. The van der Waals surface area contributed by atoms with Crippen molar-refractivity contribution in [3.63, 3.8) is 0 Å². The zero-order valence-corrected chi connectivity index (χ0v) is 7.67. The van der Waals surface area contributed by atoms with E-state index >= 15 is 0 Å². The second-order valence-electron chi connectivity index (χ2n) is 0.385. The zero-order chi connectivity index (χ0) is 10.8. The van der Waals surface area contributed by atoms with Crippen molar-refractivity contribution in [2.45, 2.75) is 0 Å². The molecule has 0 N–H and O–H groups in total. The molecule has 9 heteroatoms. The maximum Gasteiger partial charge on any atom is 4.00 e. The van der Waals surface area contributed by atoms with Gasteiger partial charge in [0.2, 0.25) is 0 Å². The van der Waals surface area contributed by atoms with Gasteiger partial charge in [-0.3, -0.25) is 0 Å². The average Bonchev–Trinajstić information content (AvgIpc) is 1.92. The summed E-state index contributed by atoms with van der Waals surface area (Å²) in [5.74, 6) is 0. The number of carbonyl (C=O) groups excluding carboxylic acids is 4. The van der Waals surface area contributed by atoms with Gasteiger partial charge in [-0.2, -0.15) is 0 Å². The topological polar surface area (TPSA) is 161 Å². The first-order chi connectivity index (χ1) is 5.66. The van der Waals surface area contributed by atoms with Gasteiger partial charge >= 0.3 is 19.5 Å². The number of rotatable bonds is 0. The summed E-state index contributed by atoms with van der Waals surface area (Å²) in [6.07, 6.45) is 0. The largest absolute Gasteiger partial charge is 4.00 e. The Morgan fingerprint density at radius 3 is 0.538 bits per heavy atom. The van der Waals surface area contributed by atoms with Gasteiger partial charge in [-0.05, 0) is 0 Å². The smallest absolute Gasteiger partial charge is 0.554 e. The standard InChI is InChI=1S/4CH2O2.Ru/c4*2-1-3;/h4*1H,(H,2,3);/q;;;;+4/p-4. The third-order valence-corrected chi connectivity index (χ3v) is 0. The number of carboxylic acid groups (broad SMARTS) is 4. The predicted molar refractivity (Wildman–Crippen MR) is 24.3 cm³/mol. The maximum atomic E-state index is 8.25. The molecule has 0 saturated heterocycles. The Labute approximate surface area is 85.6 Å². The molecule has 0 amide bonds. The van der Waals surface area contributed by atoms with Gasteiger partial charge in [0.05, 0.1) is 0 Å². The van der Waals surface area contributed by atoms with Crippen LogP contribution in [0.4, 0.5) is 0 Å². The van der Waals surface area contributed by atoms with Gasteiger partial charge in [0, 0.05) is 25.9 Å². The van der Waals surface area contributed by atoms with Gasteiger partial charge in [-0.1, -0.05) is 0 Å². The third-order valence-electron chi connectivity index (χ3n) is 0. The second-order valence-corrected chi connectivity index (χ2v) is 0.385. The van der Waals surface area contributed by atoms with Crippen LogP contribution in [0.25, 0.3) is 0 Å². The quantitative estimate of drug-likeness (QED) is 0.312. The first kappa shape index (κ1) is 30.0. The van der Waals surface area contributed by atoms with E-state index in [0.717, 1.165) is 0 Å². The molecule has 0 atom stereocenters. The molecule has 0 bridgehead atoms. The summed E-state index contributed by atoms with van der Waals surface area (Å²) in [7, 11) is 0. The zero-order valence-electron chi connectivity index (χ0n) is 5.93. The fourth-order valence-corrected chi connectivity index (χ4v) is 0. The first-order valence-electron chi connectivity index (χ1n) is 1.89. The van der Waals surface area contributed by atoms with E-state index in [1.807, 2.05) is 0 Å². The van der Waals surface area contributed by atoms with Crippen LogP contribution < -0.4 is 20.4 Å². The fraction of sp³-hybridized carbons (Fsp3) is 0. The van der Waals surface area contributed by atoms with Crippen LogP contribution in [0.1, 0.15) is 0 Å². The molecule has 0 aromatic heterocycles. The molecular weight excluding hydrogens is 277 g/mol. The molecule has 0 heterocycles. The monoisotopic (exact) mass is 282 g/mol. The van der Waals surface area contributed by atoms with Gasteiger partial charge in [-0.25, -0.2) is 0 Å². The summed E-state index contributed by atoms with van der Waals surface area (Å²) in [5.41, 5.74) is 0. The van der Waals surface area contributed by atoms with Gasteiger partial charge in [-0.15, -0.1) is 0 Å². The van der Waals surface area contributed by atoms with E-state index in [1.54, 1.807) is 0 Å². The van der Waals surface area contributed by atoms with Crippen molar-refractivity contribution < 1.29 is 59.1 Å². The van der Waals surface area contributed by atoms with Crippen LogP contribution in [0.2, 0.25) is 0 Å². The maximum absolute atomic E-state index is 8.25. The number of hydrogen-bond donors (Lipinski definition) is 0. The Kier molecular flexibility index (Phi) is 349. The molecule has 0 spiro atoms. The molecule has 0 rings (SSSR count). The molecule has 0 aromatic rings. The molecule has 0 fully saturated rings. The fourth-order valence-electron chi connectivity index (χ4n) is 0. The molecule has 0 saturated carbocycles. The predicted octanol–water partition coefficient (Wildman–Crippen LogP) is -6.54. The Balaban J connectivity index is -0.0000000213.